The SMILES string of the molecule is O=S(=O)(CCC1OCCCO1)c1ccccc1Cl. The van der Waals surface area contributed by atoms with E-state index in [-0.39, 0.29) is 15.7 Å². The van der Waals surface area contributed by atoms with Crippen molar-refractivity contribution in [3.8, 4) is 0 Å². The van der Waals surface area contributed by atoms with Crippen molar-refractivity contribution in [2.75, 3.05) is 19.0 Å². The lowest BCUT2D eigenvalue weighted by molar-refractivity contribution is -0.178. The Morgan fingerprint density at radius 1 is 1.22 bits per heavy atom. The van der Waals surface area contributed by atoms with E-state index >= 15 is 0 Å². The zero-order chi connectivity index (χ0) is 13.0. The van der Waals surface area contributed by atoms with Crippen LogP contribution in [0.1, 0.15) is 12.8 Å². The van der Waals surface area contributed by atoms with Crippen LogP contribution in [-0.2, 0) is 19.3 Å². The maximum atomic E-state index is 12.1. The van der Waals surface area contributed by atoms with Crippen molar-refractivity contribution < 1.29 is 17.9 Å². The smallest absolute Gasteiger partial charge is 0.180 e. The highest BCUT2D eigenvalue weighted by molar-refractivity contribution is 7.91. The van der Waals surface area contributed by atoms with Gasteiger partial charge in [-0.3, -0.25) is 0 Å². The Morgan fingerprint density at radius 3 is 2.56 bits per heavy atom. The number of benzene rings is 1. The first-order valence-corrected chi connectivity index (χ1v) is 7.83. The van der Waals surface area contributed by atoms with Gasteiger partial charge >= 0.3 is 0 Å². The van der Waals surface area contributed by atoms with Crippen molar-refractivity contribution in [2.45, 2.75) is 24.0 Å². The van der Waals surface area contributed by atoms with Crippen LogP contribution in [0.25, 0.3) is 0 Å². The molecule has 0 amide bonds. The summed E-state index contributed by atoms with van der Waals surface area (Å²) in [5.41, 5.74) is 0. The molecule has 1 aliphatic heterocycles. The molecular weight excluding hydrogens is 276 g/mol. The molecule has 100 valence electrons. The second-order valence-electron chi connectivity index (χ2n) is 4.06. The van der Waals surface area contributed by atoms with Crippen LogP contribution in [0, 0.1) is 0 Å². The van der Waals surface area contributed by atoms with Gasteiger partial charge in [-0.1, -0.05) is 23.7 Å². The lowest BCUT2D eigenvalue weighted by Gasteiger charge is -2.23. The molecule has 0 radical (unpaired) electrons. The number of ether oxygens (including phenoxy) is 2. The predicted molar refractivity (Wildman–Crippen MR) is 68.4 cm³/mol. The molecule has 1 saturated heterocycles. The van der Waals surface area contributed by atoms with Crippen molar-refractivity contribution in [1.82, 2.24) is 0 Å². The molecule has 4 nitrogen and oxygen atoms in total. The molecular formula is C12H15ClO4S. The topological polar surface area (TPSA) is 52.6 Å². The first-order valence-electron chi connectivity index (χ1n) is 5.80. The zero-order valence-electron chi connectivity index (χ0n) is 9.84. The molecule has 0 saturated carbocycles. The van der Waals surface area contributed by atoms with E-state index in [1.165, 1.54) is 6.07 Å². The van der Waals surface area contributed by atoms with Crippen LogP contribution in [0.3, 0.4) is 0 Å². The average Bonchev–Trinajstić information content (AvgIpc) is 2.38. The fourth-order valence-electron chi connectivity index (χ4n) is 1.76. The number of hydrogen-bond acceptors (Lipinski definition) is 4. The van der Waals surface area contributed by atoms with Crippen LogP contribution < -0.4 is 0 Å². The van der Waals surface area contributed by atoms with Crippen LogP contribution in [0.4, 0.5) is 0 Å². The lowest BCUT2D eigenvalue weighted by atomic mass is 10.4. The molecule has 0 bridgehead atoms. The fourth-order valence-corrected chi connectivity index (χ4v) is 3.62. The number of sulfone groups is 1. The van der Waals surface area contributed by atoms with Crippen LogP contribution in [0.2, 0.25) is 5.02 Å². The molecule has 0 unspecified atom stereocenters. The minimum absolute atomic E-state index is 0.0264. The Hall–Kier alpha value is -0.620. The summed E-state index contributed by atoms with van der Waals surface area (Å²) in [7, 11) is -3.38. The van der Waals surface area contributed by atoms with Gasteiger partial charge < -0.3 is 9.47 Å². The number of rotatable bonds is 4. The molecule has 1 aromatic rings. The van der Waals surface area contributed by atoms with E-state index in [0.717, 1.165) is 6.42 Å². The van der Waals surface area contributed by atoms with Crippen molar-refractivity contribution in [3.63, 3.8) is 0 Å². The predicted octanol–water partition coefficient (Wildman–Crippen LogP) is 2.27. The van der Waals surface area contributed by atoms with Gasteiger partial charge in [0.05, 0.1) is 28.9 Å². The summed E-state index contributed by atoms with van der Waals surface area (Å²) in [5.74, 6) is -0.0264. The third kappa shape index (κ3) is 3.45. The van der Waals surface area contributed by atoms with E-state index in [0.29, 0.717) is 19.6 Å². The van der Waals surface area contributed by atoms with E-state index in [1.54, 1.807) is 18.2 Å². The minimum atomic E-state index is -3.38. The monoisotopic (exact) mass is 290 g/mol. The van der Waals surface area contributed by atoms with Crippen molar-refractivity contribution >= 4 is 21.4 Å². The first-order chi connectivity index (χ1) is 8.59. The summed E-state index contributed by atoms with van der Waals surface area (Å²) < 4.78 is 34.8. The summed E-state index contributed by atoms with van der Waals surface area (Å²) in [5, 5.41) is 0.253. The highest BCUT2D eigenvalue weighted by atomic mass is 35.5. The maximum absolute atomic E-state index is 12.1. The minimum Gasteiger partial charge on any atom is -0.353 e. The van der Waals surface area contributed by atoms with Gasteiger partial charge in [0.25, 0.3) is 0 Å². The van der Waals surface area contributed by atoms with Gasteiger partial charge in [-0.25, -0.2) is 8.42 Å². The van der Waals surface area contributed by atoms with Crippen LogP contribution in [-0.4, -0.2) is 33.7 Å². The molecule has 0 atom stereocenters. The zero-order valence-corrected chi connectivity index (χ0v) is 11.4. The van der Waals surface area contributed by atoms with Gasteiger partial charge in [-0.2, -0.15) is 0 Å². The Bertz CT molecular complexity index is 495. The van der Waals surface area contributed by atoms with Gasteiger partial charge in [0.2, 0.25) is 0 Å². The van der Waals surface area contributed by atoms with Gasteiger partial charge in [-0.05, 0) is 18.6 Å². The van der Waals surface area contributed by atoms with Crippen LogP contribution in [0.15, 0.2) is 29.2 Å². The molecule has 0 aromatic heterocycles. The second-order valence-corrected chi connectivity index (χ2v) is 6.55. The molecule has 1 aliphatic rings. The quantitative estimate of drug-likeness (QED) is 0.853. The fraction of sp³-hybridized carbons (Fsp3) is 0.500. The Kier molecular flexibility index (Phi) is 4.61. The van der Waals surface area contributed by atoms with Crippen molar-refractivity contribution in [3.05, 3.63) is 29.3 Å². The molecule has 0 spiro atoms. The Morgan fingerprint density at radius 2 is 1.89 bits per heavy atom. The highest BCUT2D eigenvalue weighted by Gasteiger charge is 2.22. The maximum Gasteiger partial charge on any atom is 0.180 e. The summed E-state index contributed by atoms with van der Waals surface area (Å²) in [4.78, 5) is 0.169. The molecule has 6 heteroatoms. The van der Waals surface area contributed by atoms with Crippen molar-refractivity contribution in [2.24, 2.45) is 0 Å². The number of hydrogen-bond donors (Lipinski definition) is 0. The molecule has 18 heavy (non-hydrogen) atoms. The molecule has 1 heterocycles. The first kappa shape index (κ1) is 13.8. The van der Waals surface area contributed by atoms with Gasteiger partial charge in [0, 0.05) is 6.42 Å². The molecule has 0 N–H and O–H groups in total. The second kappa shape index (κ2) is 6.02. The van der Waals surface area contributed by atoms with E-state index in [1.807, 2.05) is 0 Å². The normalized spacial score (nSPS) is 17.8. The third-order valence-corrected chi connectivity index (χ3v) is 4.93. The molecule has 1 fully saturated rings. The number of halogens is 1. The van der Waals surface area contributed by atoms with Crippen molar-refractivity contribution in [1.29, 1.82) is 0 Å². The van der Waals surface area contributed by atoms with E-state index < -0.39 is 16.1 Å². The van der Waals surface area contributed by atoms with Crippen LogP contribution >= 0.6 is 11.6 Å². The van der Waals surface area contributed by atoms with Gasteiger partial charge in [0.1, 0.15) is 0 Å². The summed E-state index contributed by atoms with van der Waals surface area (Å²) >= 11 is 5.89. The summed E-state index contributed by atoms with van der Waals surface area (Å²) in [6.45, 7) is 1.24. The standard InChI is InChI=1S/C12H15ClO4S/c13-10-4-1-2-5-11(10)18(14,15)9-6-12-16-7-3-8-17-12/h1-2,4-5,12H,3,6-9H2. The molecule has 2 rings (SSSR count). The largest absolute Gasteiger partial charge is 0.353 e. The van der Waals surface area contributed by atoms with Gasteiger partial charge in [-0.15, -0.1) is 0 Å². The van der Waals surface area contributed by atoms with Crippen LogP contribution in [0.5, 0.6) is 0 Å². The highest BCUT2D eigenvalue weighted by Crippen LogP contribution is 2.23. The third-order valence-electron chi connectivity index (χ3n) is 2.69. The molecule has 1 aromatic carbocycles. The Labute approximate surface area is 112 Å². The van der Waals surface area contributed by atoms with E-state index in [4.69, 9.17) is 21.1 Å². The summed E-state index contributed by atoms with van der Waals surface area (Å²) in [6.07, 6.45) is 0.762. The van der Waals surface area contributed by atoms with E-state index in [9.17, 15) is 8.42 Å². The van der Waals surface area contributed by atoms with E-state index in [2.05, 4.69) is 0 Å². The van der Waals surface area contributed by atoms with Gasteiger partial charge in [0.15, 0.2) is 16.1 Å². The Balaban J connectivity index is 2.01. The average molecular weight is 291 g/mol. The molecule has 0 aliphatic carbocycles. The lowest BCUT2D eigenvalue weighted by Crippen LogP contribution is -2.27. The summed E-state index contributed by atoms with van der Waals surface area (Å²) in [6, 6.07) is 6.45.